The molecule has 1 nitrogen and oxygen atoms in total. The molecule has 1 saturated carbocycles. The zero-order valence-corrected chi connectivity index (χ0v) is 9.96. The van der Waals surface area contributed by atoms with Crippen LogP contribution in [0.15, 0.2) is 18.2 Å². The van der Waals surface area contributed by atoms with E-state index in [1.54, 1.807) is 0 Å². The minimum Gasteiger partial charge on any atom is -0.327 e. The fourth-order valence-electron chi connectivity index (χ4n) is 2.68. The van der Waals surface area contributed by atoms with Crippen molar-refractivity contribution in [1.82, 2.24) is 0 Å². The van der Waals surface area contributed by atoms with Crippen LogP contribution in [0, 0.1) is 17.6 Å². The molecule has 2 rings (SSSR count). The summed E-state index contributed by atoms with van der Waals surface area (Å²) >= 11 is 0. The van der Waals surface area contributed by atoms with Crippen molar-refractivity contribution in [2.45, 2.75) is 44.6 Å². The van der Waals surface area contributed by atoms with Gasteiger partial charge in [0.15, 0.2) is 0 Å². The van der Waals surface area contributed by atoms with Crippen LogP contribution in [0.5, 0.6) is 0 Å². The van der Waals surface area contributed by atoms with E-state index in [0.717, 1.165) is 12.5 Å². The van der Waals surface area contributed by atoms with Gasteiger partial charge >= 0.3 is 0 Å². The number of hydrogen-bond acceptors (Lipinski definition) is 1. The second-order valence-electron chi connectivity index (χ2n) is 4.98. The van der Waals surface area contributed by atoms with Crippen LogP contribution in [0.25, 0.3) is 0 Å². The van der Waals surface area contributed by atoms with E-state index < -0.39 is 0 Å². The first-order valence-corrected chi connectivity index (χ1v) is 6.36. The van der Waals surface area contributed by atoms with Crippen LogP contribution in [0.1, 0.15) is 37.7 Å². The SMILES string of the molecule is NC(CCc1cc(F)ccc1F)C1CCCC1. The van der Waals surface area contributed by atoms with Gasteiger partial charge in [0.05, 0.1) is 0 Å². The second-order valence-corrected chi connectivity index (χ2v) is 4.98. The second kappa shape index (κ2) is 5.58. The number of benzene rings is 1. The van der Waals surface area contributed by atoms with Gasteiger partial charge in [-0.2, -0.15) is 0 Å². The summed E-state index contributed by atoms with van der Waals surface area (Å²) in [6.07, 6.45) is 6.16. The number of aryl methyl sites for hydroxylation is 1. The molecule has 1 fully saturated rings. The fraction of sp³-hybridized carbons (Fsp3) is 0.571. The Hall–Kier alpha value is -0.960. The first-order valence-electron chi connectivity index (χ1n) is 6.36. The Kier molecular flexibility index (Phi) is 4.11. The largest absolute Gasteiger partial charge is 0.327 e. The van der Waals surface area contributed by atoms with Gasteiger partial charge in [-0.15, -0.1) is 0 Å². The molecule has 0 saturated heterocycles. The van der Waals surface area contributed by atoms with E-state index in [1.807, 2.05) is 0 Å². The van der Waals surface area contributed by atoms with E-state index in [0.29, 0.717) is 17.9 Å². The standard InChI is InChI=1S/C14H19F2N/c15-12-6-7-13(16)11(9-12)5-8-14(17)10-3-1-2-4-10/h6-7,9-10,14H,1-5,8,17H2. The van der Waals surface area contributed by atoms with E-state index in [2.05, 4.69) is 0 Å². The molecule has 1 aliphatic rings. The van der Waals surface area contributed by atoms with Crippen LogP contribution in [0.2, 0.25) is 0 Å². The van der Waals surface area contributed by atoms with Gasteiger partial charge in [-0.05, 0) is 55.4 Å². The van der Waals surface area contributed by atoms with Gasteiger partial charge in [-0.3, -0.25) is 0 Å². The maximum absolute atomic E-state index is 13.4. The molecule has 1 unspecified atom stereocenters. The normalized spacial score (nSPS) is 18.5. The lowest BCUT2D eigenvalue weighted by Gasteiger charge is -2.18. The van der Waals surface area contributed by atoms with Crippen LogP contribution >= 0.6 is 0 Å². The molecule has 1 atom stereocenters. The third kappa shape index (κ3) is 3.25. The zero-order valence-electron chi connectivity index (χ0n) is 9.96. The molecule has 94 valence electrons. The Morgan fingerprint density at radius 1 is 1.24 bits per heavy atom. The molecule has 2 N–H and O–H groups in total. The molecule has 1 aliphatic carbocycles. The molecule has 0 spiro atoms. The van der Waals surface area contributed by atoms with Crippen LogP contribution in [-0.4, -0.2) is 6.04 Å². The van der Waals surface area contributed by atoms with Crippen LogP contribution < -0.4 is 5.73 Å². The minimum absolute atomic E-state index is 0.125. The molecule has 0 amide bonds. The highest BCUT2D eigenvalue weighted by Gasteiger charge is 2.21. The predicted molar refractivity (Wildman–Crippen MR) is 64.6 cm³/mol. The molecule has 0 aromatic heterocycles. The summed E-state index contributed by atoms with van der Waals surface area (Å²) in [6, 6.07) is 3.73. The number of halogens is 2. The molecule has 1 aromatic carbocycles. The van der Waals surface area contributed by atoms with Crippen LogP contribution in [0.3, 0.4) is 0 Å². The first-order chi connectivity index (χ1) is 8.16. The molecule has 0 radical (unpaired) electrons. The van der Waals surface area contributed by atoms with Gasteiger partial charge in [0.25, 0.3) is 0 Å². The average molecular weight is 239 g/mol. The Bertz CT molecular complexity index is 372. The van der Waals surface area contributed by atoms with Gasteiger partial charge in [0.1, 0.15) is 11.6 Å². The average Bonchev–Trinajstić information content (AvgIpc) is 2.83. The van der Waals surface area contributed by atoms with Crippen molar-refractivity contribution < 1.29 is 8.78 Å². The molecule has 0 bridgehead atoms. The third-order valence-corrected chi connectivity index (χ3v) is 3.76. The molecule has 0 heterocycles. The summed E-state index contributed by atoms with van der Waals surface area (Å²) in [4.78, 5) is 0. The monoisotopic (exact) mass is 239 g/mol. The highest BCUT2D eigenvalue weighted by molar-refractivity contribution is 5.18. The van der Waals surface area contributed by atoms with Crippen molar-refractivity contribution in [1.29, 1.82) is 0 Å². The van der Waals surface area contributed by atoms with Crippen molar-refractivity contribution in [3.63, 3.8) is 0 Å². The summed E-state index contributed by atoms with van der Waals surface area (Å²) in [5, 5.41) is 0. The molecule has 0 aliphatic heterocycles. The van der Waals surface area contributed by atoms with E-state index in [4.69, 9.17) is 5.73 Å². The maximum atomic E-state index is 13.4. The topological polar surface area (TPSA) is 26.0 Å². The van der Waals surface area contributed by atoms with Crippen molar-refractivity contribution in [2.24, 2.45) is 11.7 Å². The van der Waals surface area contributed by atoms with E-state index in [9.17, 15) is 8.78 Å². The van der Waals surface area contributed by atoms with Gasteiger partial charge in [0, 0.05) is 6.04 Å². The van der Waals surface area contributed by atoms with Crippen LogP contribution in [-0.2, 0) is 6.42 Å². The lowest BCUT2D eigenvalue weighted by atomic mass is 9.93. The van der Waals surface area contributed by atoms with Gasteiger partial charge in [0.2, 0.25) is 0 Å². The minimum atomic E-state index is -0.379. The fourth-order valence-corrected chi connectivity index (χ4v) is 2.68. The number of hydrogen-bond donors (Lipinski definition) is 1. The van der Waals surface area contributed by atoms with E-state index in [-0.39, 0.29) is 17.7 Å². The van der Waals surface area contributed by atoms with Crippen molar-refractivity contribution in [2.75, 3.05) is 0 Å². The Balaban J connectivity index is 1.90. The van der Waals surface area contributed by atoms with Crippen LogP contribution in [0.4, 0.5) is 8.78 Å². The zero-order chi connectivity index (χ0) is 12.3. The quantitative estimate of drug-likeness (QED) is 0.856. The van der Waals surface area contributed by atoms with Crippen molar-refractivity contribution >= 4 is 0 Å². The molecular weight excluding hydrogens is 220 g/mol. The Labute approximate surface area is 101 Å². The Morgan fingerprint density at radius 3 is 2.65 bits per heavy atom. The van der Waals surface area contributed by atoms with Crippen molar-refractivity contribution in [3.05, 3.63) is 35.4 Å². The third-order valence-electron chi connectivity index (χ3n) is 3.76. The summed E-state index contributed by atoms with van der Waals surface area (Å²) in [5.74, 6) is -0.132. The summed E-state index contributed by atoms with van der Waals surface area (Å²) in [5.41, 5.74) is 6.54. The summed E-state index contributed by atoms with van der Waals surface area (Å²) in [7, 11) is 0. The highest BCUT2D eigenvalue weighted by Crippen LogP contribution is 2.28. The molecule has 3 heteroatoms. The van der Waals surface area contributed by atoms with Gasteiger partial charge in [-0.25, -0.2) is 8.78 Å². The summed E-state index contributed by atoms with van der Waals surface area (Å²) < 4.78 is 26.4. The Morgan fingerprint density at radius 2 is 1.94 bits per heavy atom. The molecular formula is C14H19F2N. The van der Waals surface area contributed by atoms with E-state index >= 15 is 0 Å². The van der Waals surface area contributed by atoms with E-state index in [1.165, 1.54) is 37.8 Å². The van der Waals surface area contributed by atoms with Crippen molar-refractivity contribution in [3.8, 4) is 0 Å². The molecule has 1 aromatic rings. The lowest BCUT2D eigenvalue weighted by Crippen LogP contribution is -2.28. The van der Waals surface area contributed by atoms with Gasteiger partial charge < -0.3 is 5.73 Å². The maximum Gasteiger partial charge on any atom is 0.126 e. The molecule has 17 heavy (non-hydrogen) atoms. The predicted octanol–water partition coefficient (Wildman–Crippen LogP) is 3.41. The first kappa shape index (κ1) is 12.5. The number of rotatable bonds is 4. The number of nitrogens with two attached hydrogens (primary N) is 1. The smallest absolute Gasteiger partial charge is 0.126 e. The summed E-state index contributed by atoms with van der Waals surface area (Å²) in [6.45, 7) is 0. The lowest BCUT2D eigenvalue weighted by molar-refractivity contribution is 0.407. The highest BCUT2D eigenvalue weighted by atomic mass is 19.1. The van der Waals surface area contributed by atoms with Gasteiger partial charge in [-0.1, -0.05) is 12.8 Å².